The predicted molar refractivity (Wildman–Crippen MR) is 196 cm³/mol. The topological polar surface area (TPSA) is 34.1 Å². The van der Waals surface area contributed by atoms with Crippen molar-refractivity contribution in [3.63, 3.8) is 0 Å². The molecular weight excluding hydrogens is 629 g/mol. The molecule has 0 aliphatic carbocycles. The number of hydrogen-bond donors (Lipinski definition) is 0. The van der Waals surface area contributed by atoms with Gasteiger partial charge in [-0.3, -0.25) is 0 Å². The van der Waals surface area contributed by atoms with E-state index in [0.717, 1.165) is 41.9 Å². The summed E-state index contributed by atoms with van der Waals surface area (Å²) in [5.41, 5.74) is 1.33. The molecule has 2 nitrogen and oxygen atoms in total. The summed E-state index contributed by atoms with van der Waals surface area (Å²) >= 11 is 5.32. The molecular formula is C39H48O2S4. The normalized spacial score (nSPS) is 12.5. The first-order valence-electron chi connectivity index (χ1n) is 16.2. The van der Waals surface area contributed by atoms with Crippen molar-refractivity contribution in [2.45, 2.75) is 125 Å². The summed E-state index contributed by atoms with van der Waals surface area (Å²) in [4.78, 5) is 6.52. The minimum Gasteiger partial charge on any atom is -0.219 e. The molecule has 0 radical (unpaired) electrons. The minimum absolute atomic E-state index is 0.0813. The first-order chi connectivity index (χ1) is 21.5. The Morgan fingerprint density at radius 1 is 0.533 bits per heavy atom. The van der Waals surface area contributed by atoms with Gasteiger partial charge in [0.25, 0.3) is 0 Å². The Kier molecular flexibility index (Phi) is 12.4. The first kappa shape index (κ1) is 35.7. The van der Waals surface area contributed by atoms with Crippen LogP contribution in [0.25, 0.3) is 0 Å². The molecule has 4 aromatic carbocycles. The van der Waals surface area contributed by atoms with Crippen LogP contribution in [0.15, 0.2) is 131 Å². The molecule has 45 heavy (non-hydrogen) atoms. The summed E-state index contributed by atoms with van der Waals surface area (Å²) in [7, 11) is -3.60. The fourth-order valence-electron chi connectivity index (χ4n) is 6.15. The Hall–Kier alpha value is -2.12. The van der Waals surface area contributed by atoms with Crippen molar-refractivity contribution >= 4 is 45.1 Å². The molecule has 4 rings (SSSR count). The third-order valence-electron chi connectivity index (χ3n) is 9.27. The Labute approximate surface area is 285 Å². The number of rotatable bonds is 15. The van der Waals surface area contributed by atoms with Gasteiger partial charge in [0.05, 0.1) is 9.79 Å². The minimum atomic E-state index is -3.60. The lowest BCUT2D eigenvalue weighted by atomic mass is 9.65. The van der Waals surface area contributed by atoms with Crippen LogP contribution in [0.4, 0.5) is 0 Å². The molecule has 0 aliphatic rings. The van der Waals surface area contributed by atoms with Crippen LogP contribution in [-0.4, -0.2) is 13.2 Å². The third kappa shape index (κ3) is 8.62. The van der Waals surface area contributed by atoms with Gasteiger partial charge < -0.3 is 0 Å². The number of thioether (sulfide) groups is 1. The van der Waals surface area contributed by atoms with E-state index in [1.807, 2.05) is 36.0 Å². The molecule has 0 spiro atoms. The van der Waals surface area contributed by atoms with Crippen LogP contribution in [0, 0.1) is 5.92 Å². The van der Waals surface area contributed by atoms with Gasteiger partial charge in [0.2, 0.25) is 9.84 Å². The quantitative estimate of drug-likeness (QED) is 0.117. The predicted octanol–water partition coefficient (Wildman–Crippen LogP) is 12.6. The van der Waals surface area contributed by atoms with Gasteiger partial charge in [-0.25, -0.2) is 8.42 Å². The molecule has 0 amide bonds. The maximum absolute atomic E-state index is 13.5. The zero-order chi connectivity index (χ0) is 32.7. The lowest BCUT2D eigenvalue weighted by Crippen LogP contribution is -2.33. The average Bonchev–Trinajstić information content (AvgIpc) is 3.06. The Morgan fingerprint density at radius 2 is 0.889 bits per heavy atom. The van der Waals surface area contributed by atoms with Gasteiger partial charge in [0, 0.05) is 29.2 Å². The second-order valence-electron chi connectivity index (χ2n) is 12.2. The van der Waals surface area contributed by atoms with Gasteiger partial charge in [0.1, 0.15) is 0 Å². The van der Waals surface area contributed by atoms with Crippen molar-refractivity contribution in [3.8, 4) is 0 Å². The molecule has 0 saturated heterocycles. The second-order valence-corrected chi connectivity index (χ2v) is 18.3. The van der Waals surface area contributed by atoms with E-state index >= 15 is 0 Å². The molecule has 0 atom stereocenters. The maximum Gasteiger partial charge on any atom is 0.206 e. The fourth-order valence-corrected chi connectivity index (χ4v) is 10.1. The number of sulfone groups is 1. The van der Waals surface area contributed by atoms with Crippen molar-refractivity contribution < 1.29 is 8.42 Å². The second kappa shape index (κ2) is 15.6. The Bertz CT molecular complexity index is 1600. The highest BCUT2D eigenvalue weighted by atomic mass is 32.2. The first-order valence-corrected chi connectivity index (χ1v) is 20.1. The van der Waals surface area contributed by atoms with Gasteiger partial charge in [-0.15, -0.1) is 11.8 Å². The highest BCUT2D eigenvalue weighted by Crippen LogP contribution is 2.43. The van der Waals surface area contributed by atoms with Crippen LogP contribution in [0.3, 0.4) is 0 Å². The van der Waals surface area contributed by atoms with Crippen LogP contribution in [0.5, 0.6) is 0 Å². The van der Waals surface area contributed by atoms with E-state index in [0.29, 0.717) is 15.7 Å². The van der Waals surface area contributed by atoms with E-state index < -0.39 is 9.84 Å². The van der Waals surface area contributed by atoms with Gasteiger partial charge in [-0.05, 0) is 121 Å². The third-order valence-corrected chi connectivity index (χ3v) is 14.4. The summed E-state index contributed by atoms with van der Waals surface area (Å²) in [6.45, 7) is 15.8. The van der Waals surface area contributed by atoms with Crippen LogP contribution in [-0.2, 0) is 15.3 Å². The molecule has 0 fully saturated rings. The lowest BCUT2D eigenvalue weighted by Gasteiger charge is -2.40. The monoisotopic (exact) mass is 676 g/mol. The molecule has 0 heterocycles. The van der Waals surface area contributed by atoms with Gasteiger partial charge in [-0.1, -0.05) is 97.0 Å². The smallest absolute Gasteiger partial charge is 0.206 e. The number of hydrogen-bond acceptors (Lipinski definition) is 5. The molecule has 6 heteroatoms. The molecule has 240 valence electrons. The van der Waals surface area contributed by atoms with Gasteiger partial charge in [-0.2, -0.15) is 0 Å². The fraction of sp³-hybridized carbons (Fsp3) is 0.385. The largest absolute Gasteiger partial charge is 0.219 e. The Morgan fingerprint density at radius 3 is 1.24 bits per heavy atom. The van der Waals surface area contributed by atoms with Crippen molar-refractivity contribution in [1.82, 2.24) is 0 Å². The highest BCUT2D eigenvalue weighted by molar-refractivity contribution is 8.00. The van der Waals surface area contributed by atoms with Crippen molar-refractivity contribution in [2.75, 3.05) is 0 Å². The van der Waals surface area contributed by atoms with E-state index in [1.54, 1.807) is 47.8 Å². The summed E-state index contributed by atoms with van der Waals surface area (Å²) in [6.07, 6.45) is 5.48. The summed E-state index contributed by atoms with van der Waals surface area (Å²) in [6, 6.07) is 32.3. The van der Waals surface area contributed by atoms with Crippen LogP contribution < -0.4 is 0 Å². The van der Waals surface area contributed by atoms with Crippen molar-refractivity contribution in [2.24, 2.45) is 5.92 Å². The SMILES string of the molecule is CCC(CC)C(CC)(CC)c1ccc(S(=O)(=O)c2ccc(Sc3ccc(Sc4ccc(SC(C)(C)CC)cc4)cc3)cc2)cc1. The summed E-state index contributed by atoms with van der Waals surface area (Å²) in [5, 5.41) is 0. The van der Waals surface area contributed by atoms with E-state index in [1.165, 1.54) is 20.2 Å². The standard InChI is InChI=1S/C39H48O2S4/c1-8-29(9-2)39(11-4,12-5)30-13-25-36(26-14-30)45(40,41)37-27-23-34(24-28-37)43-32-17-15-31(16-18-32)42-33-19-21-35(22-20-33)44-38(6,7)10-3/h13-29H,8-12H2,1-7H3. The summed E-state index contributed by atoms with van der Waals surface area (Å²) in [5.74, 6) is 0.578. The average molecular weight is 677 g/mol. The molecule has 4 aromatic rings. The Balaban J connectivity index is 1.40. The van der Waals surface area contributed by atoms with E-state index in [9.17, 15) is 8.42 Å². The molecule has 0 unspecified atom stereocenters. The molecule has 0 saturated carbocycles. The van der Waals surface area contributed by atoms with E-state index in [4.69, 9.17) is 0 Å². The zero-order valence-electron chi connectivity index (χ0n) is 27.8. The highest BCUT2D eigenvalue weighted by Gasteiger charge is 2.35. The van der Waals surface area contributed by atoms with Crippen LogP contribution >= 0.6 is 35.3 Å². The van der Waals surface area contributed by atoms with Crippen LogP contribution in [0.2, 0.25) is 0 Å². The lowest BCUT2D eigenvalue weighted by molar-refractivity contribution is 0.231. The summed E-state index contributed by atoms with van der Waals surface area (Å²) < 4.78 is 27.3. The molecule has 0 aromatic heterocycles. The van der Waals surface area contributed by atoms with Gasteiger partial charge in [0.15, 0.2) is 0 Å². The molecule has 0 bridgehead atoms. The zero-order valence-corrected chi connectivity index (χ0v) is 31.1. The van der Waals surface area contributed by atoms with Gasteiger partial charge >= 0.3 is 0 Å². The molecule has 0 aliphatic heterocycles. The van der Waals surface area contributed by atoms with Crippen LogP contribution in [0.1, 0.15) is 86.1 Å². The van der Waals surface area contributed by atoms with Crippen molar-refractivity contribution in [3.05, 3.63) is 103 Å². The van der Waals surface area contributed by atoms with E-state index in [2.05, 4.69) is 97.0 Å². The maximum atomic E-state index is 13.5. The molecule has 0 N–H and O–H groups in total. The van der Waals surface area contributed by atoms with Crippen molar-refractivity contribution in [1.29, 1.82) is 0 Å². The number of benzene rings is 4. The van der Waals surface area contributed by atoms with E-state index in [-0.39, 0.29) is 10.2 Å².